The molecular weight excluding hydrogens is 340 g/mol. The number of guanidine groups is 1. The lowest BCUT2D eigenvalue weighted by molar-refractivity contribution is 0.486. The van der Waals surface area contributed by atoms with Crippen LogP contribution in [0.4, 0.5) is 0 Å². The summed E-state index contributed by atoms with van der Waals surface area (Å²) in [4.78, 5) is 12.0. The van der Waals surface area contributed by atoms with Crippen LogP contribution in [-0.4, -0.2) is 42.0 Å². The molecule has 2 heterocycles. The molecule has 140 valence electrons. The van der Waals surface area contributed by atoms with Crippen molar-refractivity contribution in [1.82, 2.24) is 15.2 Å². The molecule has 1 aromatic heterocycles. The standard InChI is InChI=1S/C21H30N4S/c1-4-22-21(23-12-10-19-15-26-20(24-19)16(2)3)25-13-11-18(14-25)17-8-6-5-7-9-17/h5-9,15-16,18H,4,10-14H2,1-3H3,(H,22,23). The van der Waals surface area contributed by atoms with Gasteiger partial charge in [-0.05, 0) is 18.9 Å². The molecule has 0 saturated carbocycles. The smallest absolute Gasteiger partial charge is 0.193 e. The number of hydrogen-bond donors (Lipinski definition) is 1. The first-order valence-electron chi connectivity index (χ1n) is 9.70. The average Bonchev–Trinajstić information content (AvgIpc) is 3.32. The van der Waals surface area contributed by atoms with E-state index in [4.69, 9.17) is 9.98 Å². The second kappa shape index (κ2) is 9.17. The molecule has 4 nitrogen and oxygen atoms in total. The lowest BCUT2D eigenvalue weighted by Crippen LogP contribution is -2.40. The molecule has 1 unspecified atom stereocenters. The average molecular weight is 371 g/mol. The van der Waals surface area contributed by atoms with Crippen LogP contribution < -0.4 is 5.32 Å². The normalized spacial score (nSPS) is 17.9. The van der Waals surface area contributed by atoms with Crippen molar-refractivity contribution in [2.75, 3.05) is 26.2 Å². The topological polar surface area (TPSA) is 40.5 Å². The van der Waals surface area contributed by atoms with Crippen molar-refractivity contribution in [3.05, 3.63) is 52.0 Å². The summed E-state index contributed by atoms with van der Waals surface area (Å²) in [6, 6.07) is 10.8. The van der Waals surface area contributed by atoms with Crippen molar-refractivity contribution in [3.63, 3.8) is 0 Å². The molecule has 0 amide bonds. The summed E-state index contributed by atoms with van der Waals surface area (Å²) < 4.78 is 0. The van der Waals surface area contributed by atoms with Gasteiger partial charge in [-0.15, -0.1) is 11.3 Å². The number of thiazole rings is 1. The summed E-state index contributed by atoms with van der Waals surface area (Å²) in [6.07, 6.45) is 2.10. The minimum atomic E-state index is 0.508. The van der Waals surface area contributed by atoms with Crippen LogP contribution >= 0.6 is 11.3 Å². The van der Waals surface area contributed by atoms with Gasteiger partial charge in [0.1, 0.15) is 0 Å². The molecule has 1 saturated heterocycles. The van der Waals surface area contributed by atoms with E-state index in [-0.39, 0.29) is 0 Å². The van der Waals surface area contributed by atoms with E-state index in [9.17, 15) is 0 Å². The van der Waals surface area contributed by atoms with Crippen LogP contribution in [0.25, 0.3) is 0 Å². The zero-order valence-electron chi connectivity index (χ0n) is 16.1. The molecule has 1 atom stereocenters. The van der Waals surface area contributed by atoms with Crippen LogP contribution in [0.5, 0.6) is 0 Å². The van der Waals surface area contributed by atoms with E-state index >= 15 is 0 Å². The molecule has 1 aliphatic rings. The van der Waals surface area contributed by atoms with E-state index in [1.165, 1.54) is 22.7 Å². The minimum Gasteiger partial charge on any atom is -0.357 e. The molecule has 3 rings (SSSR count). The molecule has 0 spiro atoms. The van der Waals surface area contributed by atoms with Gasteiger partial charge in [0.2, 0.25) is 0 Å². The highest BCUT2D eigenvalue weighted by atomic mass is 32.1. The van der Waals surface area contributed by atoms with Gasteiger partial charge in [0, 0.05) is 49.8 Å². The molecule has 0 bridgehead atoms. The lowest BCUT2D eigenvalue weighted by atomic mass is 9.99. The minimum absolute atomic E-state index is 0.508. The maximum atomic E-state index is 4.87. The van der Waals surface area contributed by atoms with Crippen molar-refractivity contribution in [1.29, 1.82) is 0 Å². The van der Waals surface area contributed by atoms with Gasteiger partial charge in [-0.2, -0.15) is 0 Å². The Morgan fingerprint density at radius 2 is 2.15 bits per heavy atom. The van der Waals surface area contributed by atoms with Gasteiger partial charge in [-0.3, -0.25) is 4.99 Å². The van der Waals surface area contributed by atoms with Gasteiger partial charge in [0.15, 0.2) is 5.96 Å². The number of likely N-dealkylation sites (tertiary alicyclic amines) is 1. The van der Waals surface area contributed by atoms with Crippen molar-refractivity contribution < 1.29 is 0 Å². The first-order chi connectivity index (χ1) is 12.7. The van der Waals surface area contributed by atoms with Crippen LogP contribution in [0, 0.1) is 0 Å². The molecule has 26 heavy (non-hydrogen) atoms. The number of aliphatic imine (C=N–C) groups is 1. The van der Waals surface area contributed by atoms with E-state index in [1.807, 2.05) is 0 Å². The summed E-state index contributed by atoms with van der Waals surface area (Å²) in [5.41, 5.74) is 2.61. The van der Waals surface area contributed by atoms with E-state index in [0.29, 0.717) is 11.8 Å². The molecule has 2 aromatic rings. The number of benzene rings is 1. The van der Waals surface area contributed by atoms with Crippen LogP contribution in [0.3, 0.4) is 0 Å². The summed E-state index contributed by atoms with van der Waals surface area (Å²) >= 11 is 1.76. The first kappa shape index (κ1) is 18.9. The molecule has 0 radical (unpaired) electrons. The van der Waals surface area contributed by atoms with Crippen LogP contribution in [0.2, 0.25) is 0 Å². The summed E-state index contributed by atoms with van der Waals surface area (Å²) in [7, 11) is 0. The van der Waals surface area contributed by atoms with E-state index in [2.05, 4.69) is 66.7 Å². The Balaban J connectivity index is 1.58. The Morgan fingerprint density at radius 3 is 2.85 bits per heavy atom. The predicted molar refractivity (Wildman–Crippen MR) is 111 cm³/mol. The van der Waals surface area contributed by atoms with E-state index in [0.717, 1.165) is 38.6 Å². The van der Waals surface area contributed by atoms with Crippen LogP contribution in [0.15, 0.2) is 40.7 Å². The number of nitrogens with zero attached hydrogens (tertiary/aromatic N) is 3. The number of rotatable bonds is 6. The Hall–Kier alpha value is -1.88. The SMILES string of the molecule is CCNC(=NCCc1csc(C(C)C)n1)N1CCC(c2ccccc2)C1. The molecular formula is C21H30N4S. The highest BCUT2D eigenvalue weighted by molar-refractivity contribution is 7.09. The largest absolute Gasteiger partial charge is 0.357 e. The van der Waals surface area contributed by atoms with Crippen molar-refractivity contribution in [2.24, 2.45) is 4.99 Å². The molecule has 1 aromatic carbocycles. The molecule has 1 N–H and O–H groups in total. The fraction of sp³-hybridized carbons (Fsp3) is 0.524. The summed E-state index contributed by atoms with van der Waals surface area (Å²) in [5.74, 6) is 2.16. The summed E-state index contributed by atoms with van der Waals surface area (Å²) in [5, 5.41) is 6.87. The fourth-order valence-corrected chi connectivity index (χ4v) is 4.22. The highest BCUT2D eigenvalue weighted by Gasteiger charge is 2.25. The Bertz CT molecular complexity index is 708. The van der Waals surface area contributed by atoms with Crippen LogP contribution in [-0.2, 0) is 6.42 Å². The van der Waals surface area contributed by atoms with Gasteiger partial charge in [-0.25, -0.2) is 4.98 Å². The fourth-order valence-electron chi connectivity index (χ4n) is 3.35. The maximum absolute atomic E-state index is 4.87. The molecule has 5 heteroatoms. The van der Waals surface area contributed by atoms with Crippen molar-refractivity contribution in [3.8, 4) is 0 Å². The Labute approximate surface area is 161 Å². The highest BCUT2D eigenvalue weighted by Crippen LogP contribution is 2.27. The molecule has 0 aliphatic carbocycles. The third-order valence-electron chi connectivity index (χ3n) is 4.79. The monoisotopic (exact) mass is 370 g/mol. The number of aromatic nitrogens is 1. The second-order valence-corrected chi connectivity index (χ2v) is 8.05. The zero-order chi connectivity index (χ0) is 18.4. The van der Waals surface area contributed by atoms with E-state index in [1.54, 1.807) is 11.3 Å². The summed E-state index contributed by atoms with van der Waals surface area (Å²) in [6.45, 7) is 10.3. The van der Waals surface area contributed by atoms with Gasteiger partial charge in [0.25, 0.3) is 0 Å². The third-order valence-corrected chi connectivity index (χ3v) is 5.98. The zero-order valence-corrected chi connectivity index (χ0v) is 16.9. The van der Waals surface area contributed by atoms with Crippen molar-refractivity contribution in [2.45, 2.75) is 45.4 Å². The van der Waals surface area contributed by atoms with Crippen molar-refractivity contribution >= 4 is 17.3 Å². The lowest BCUT2D eigenvalue weighted by Gasteiger charge is -2.21. The second-order valence-electron chi connectivity index (χ2n) is 7.16. The Kier molecular flexibility index (Phi) is 6.67. The van der Waals surface area contributed by atoms with Gasteiger partial charge in [0.05, 0.1) is 10.7 Å². The third kappa shape index (κ3) is 4.85. The van der Waals surface area contributed by atoms with Gasteiger partial charge in [-0.1, -0.05) is 44.2 Å². The predicted octanol–water partition coefficient (Wildman–Crippen LogP) is 4.26. The maximum Gasteiger partial charge on any atom is 0.193 e. The quantitative estimate of drug-likeness (QED) is 0.610. The number of nitrogens with one attached hydrogen (secondary N) is 1. The van der Waals surface area contributed by atoms with Gasteiger partial charge < -0.3 is 10.2 Å². The molecule has 1 fully saturated rings. The van der Waals surface area contributed by atoms with Gasteiger partial charge >= 0.3 is 0 Å². The van der Waals surface area contributed by atoms with Crippen LogP contribution in [0.1, 0.15) is 55.3 Å². The first-order valence-corrected chi connectivity index (χ1v) is 10.6. The molecule has 1 aliphatic heterocycles. The van der Waals surface area contributed by atoms with E-state index < -0.39 is 0 Å². The number of hydrogen-bond acceptors (Lipinski definition) is 3. The Morgan fingerprint density at radius 1 is 1.35 bits per heavy atom.